The number of imidazole rings is 1. The van der Waals surface area contributed by atoms with E-state index in [1.165, 1.54) is 49.7 Å². The van der Waals surface area contributed by atoms with Crippen molar-refractivity contribution in [2.24, 2.45) is 17.8 Å². The van der Waals surface area contributed by atoms with Gasteiger partial charge in [0.25, 0.3) is 0 Å². The number of nitrogens with one attached hydrogen (secondary N) is 1. The van der Waals surface area contributed by atoms with E-state index in [1.54, 1.807) is 0 Å². The number of amides is 1. The molecule has 1 aromatic heterocycles. The lowest BCUT2D eigenvalue weighted by Crippen LogP contribution is -2.60. The molecule has 25 heavy (non-hydrogen) atoms. The Morgan fingerprint density at radius 2 is 1.72 bits per heavy atom. The van der Waals surface area contributed by atoms with Crippen LogP contribution in [0.1, 0.15) is 49.7 Å². The first-order chi connectivity index (χ1) is 12.0. The average molecular weight is 337 g/mol. The third-order valence-corrected chi connectivity index (χ3v) is 6.99. The van der Waals surface area contributed by atoms with Crippen molar-refractivity contribution in [3.63, 3.8) is 0 Å². The zero-order chi connectivity index (χ0) is 17.2. The Bertz CT molecular complexity index is 815. The van der Waals surface area contributed by atoms with Gasteiger partial charge in [0.15, 0.2) is 0 Å². The minimum atomic E-state index is 0.0920. The Morgan fingerprint density at radius 1 is 1.12 bits per heavy atom. The number of carbonyl (C=O) groups excluding carboxylic acids is 1. The van der Waals surface area contributed by atoms with Crippen molar-refractivity contribution in [3.05, 3.63) is 29.6 Å². The van der Waals surface area contributed by atoms with E-state index >= 15 is 0 Å². The van der Waals surface area contributed by atoms with Crippen LogP contribution < -0.4 is 5.32 Å². The molecule has 1 N–H and O–H groups in total. The fourth-order valence-electron chi connectivity index (χ4n) is 6.19. The summed E-state index contributed by atoms with van der Waals surface area (Å²) in [6, 6.07) is 4.26. The maximum atomic E-state index is 12.8. The van der Waals surface area contributed by atoms with Gasteiger partial charge < -0.3 is 9.88 Å². The molecule has 4 saturated carbocycles. The van der Waals surface area contributed by atoms with E-state index in [2.05, 4.69) is 36.3 Å². The molecule has 4 fully saturated rings. The molecule has 0 unspecified atom stereocenters. The molecule has 0 spiro atoms. The van der Waals surface area contributed by atoms with Gasteiger partial charge in [0.05, 0.1) is 17.4 Å². The van der Waals surface area contributed by atoms with Crippen LogP contribution in [0.5, 0.6) is 0 Å². The maximum Gasteiger partial charge on any atom is 0.240 e. The second-order valence-electron chi connectivity index (χ2n) is 9.04. The number of hydrogen-bond acceptors (Lipinski definition) is 2. The highest BCUT2D eigenvalue weighted by Crippen LogP contribution is 2.55. The van der Waals surface area contributed by atoms with E-state index in [-0.39, 0.29) is 11.4 Å². The van der Waals surface area contributed by atoms with Crippen molar-refractivity contribution in [1.29, 1.82) is 0 Å². The number of aromatic nitrogens is 2. The van der Waals surface area contributed by atoms with Gasteiger partial charge in [-0.25, -0.2) is 4.98 Å². The summed E-state index contributed by atoms with van der Waals surface area (Å²) in [5.41, 5.74) is 4.62. The average Bonchev–Trinajstić information content (AvgIpc) is 2.87. The standard InChI is InChI=1S/C21H27N3O/c1-13-3-18-19(4-14(13)2)24(12-22-18)11-20(25)23-21-8-15-5-16(9-21)7-17(6-15)10-21/h3-4,12,15-17H,5-11H2,1-2H3,(H,23,25). The molecular weight excluding hydrogens is 310 g/mol. The van der Waals surface area contributed by atoms with Gasteiger partial charge >= 0.3 is 0 Å². The lowest BCUT2D eigenvalue weighted by atomic mass is 9.53. The summed E-state index contributed by atoms with van der Waals surface area (Å²) < 4.78 is 2.00. The van der Waals surface area contributed by atoms with Crippen molar-refractivity contribution in [1.82, 2.24) is 14.9 Å². The summed E-state index contributed by atoms with van der Waals surface area (Å²) >= 11 is 0. The number of benzene rings is 1. The fraction of sp³-hybridized carbons (Fsp3) is 0.619. The van der Waals surface area contributed by atoms with Crippen LogP contribution in [0.15, 0.2) is 18.5 Å². The Labute approximate surface area is 149 Å². The SMILES string of the molecule is Cc1cc2ncn(CC(=O)NC34CC5CC(CC(C5)C3)C4)c2cc1C. The monoisotopic (exact) mass is 337 g/mol. The Kier molecular flexibility index (Phi) is 3.28. The van der Waals surface area contributed by atoms with E-state index in [4.69, 9.17) is 0 Å². The van der Waals surface area contributed by atoms with Gasteiger partial charge in [-0.1, -0.05) is 0 Å². The molecule has 0 aliphatic heterocycles. The second-order valence-corrected chi connectivity index (χ2v) is 9.04. The summed E-state index contributed by atoms with van der Waals surface area (Å²) in [6.07, 6.45) is 9.62. The normalized spacial score (nSPS) is 33.1. The molecule has 0 radical (unpaired) electrons. The van der Waals surface area contributed by atoms with Gasteiger partial charge in [-0.05, 0) is 93.4 Å². The number of fused-ring (bicyclic) bond motifs is 1. The molecule has 4 aliphatic carbocycles. The molecule has 0 saturated heterocycles. The van der Waals surface area contributed by atoms with Crippen molar-refractivity contribution < 1.29 is 4.79 Å². The molecule has 4 bridgehead atoms. The maximum absolute atomic E-state index is 12.8. The van der Waals surface area contributed by atoms with E-state index < -0.39 is 0 Å². The zero-order valence-corrected chi connectivity index (χ0v) is 15.2. The fourth-order valence-corrected chi connectivity index (χ4v) is 6.19. The smallest absolute Gasteiger partial charge is 0.240 e. The third kappa shape index (κ3) is 2.57. The van der Waals surface area contributed by atoms with Crippen LogP contribution in [0.4, 0.5) is 0 Å². The lowest BCUT2D eigenvalue weighted by Gasteiger charge is -2.56. The minimum absolute atomic E-state index is 0.0920. The minimum Gasteiger partial charge on any atom is -0.349 e. The molecule has 4 aliphatic rings. The number of carbonyl (C=O) groups is 1. The first-order valence-electron chi connectivity index (χ1n) is 9.73. The second kappa shape index (κ2) is 5.33. The van der Waals surface area contributed by atoms with Crippen LogP contribution in [-0.2, 0) is 11.3 Å². The highest BCUT2D eigenvalue weighted by atomic mass is 16.2. The Balaban J connectivity index is 1.35. The summed E-state index contributed by atoms with van der Waals surface area (Å²) in [6.45, 7) is 4.59. The topological polar surface area (TPSA) is 46.9 Å². The predicted molar refractivity (Wildman–Crippen MR) is 98.3 cm³/mol. The van der Waals surface area contributed by atoms with Gasteiger partial charge in [-0.15, -0.1) is 0 Å². The largest absolute Gasteiger partial charge is 0.349 e. The molecule has 2 aromatic rings. The molecule has 4 heteroatoms. The molecule has 1 heterocycles. The summed E-state index contributed by atoms with van der Waals surface area (Å²) in [7, 11) is 0. The van der Waals surface area contributed by atoms with Crippen LogP contribution in [0, 0.1) is 31.6 Å². The molecule has 4 nitrogen and oxygen atoms in total. The molecule has 0 atom stereocenters. The van der Waals surface area contributed by atoms with Crippen LogP contribution in [0.25, 0.3) is 11.0 Å². The number of aryl methyl sites for hydroxylation is 2. The van der Waals surface area contributed by atoms with Crippen LogP contribution in [0.3, 0.4) is 0 Å². The first kappa shape index (κ1) is 15.4. The third-order valence-electron chi connectivity index (χ3n) is 6.99. The van der Waals surface area contributed by atoms with E-state index in [1.807, 2.05) is 10.9 Å². The number of rotatable bonds is 3. The highest BCUT2D eigenvalue weighted by molar-refractivity contribution is 5.82. The van der Waals surface area contributed by atoms with Crippen molar-refractivity contribution in [2.45, 2.75) is 64.5 Å². The molecule has 132 valence electrons. The highest BCUT2D eigenvalue weighted by Gasteiger charge is 2.51. The van der Waals surface area contributed by atoms with E-state index in [0.29, 0.717) is 6.54 Å². The van der Waals surface area contributed by atoms with Crippen molar-refractivity contribution in [3.8, 4) is 0 Å². The number of hydrogen-bond donors (Lipinski definition) is 1. The Morgan fingerprint density at radius 3 is 2.36 bits per heavy atom. The molecule has 6 rings (SSSR count). The summed E-state index contributed by atoms with van der Waals surface area (Å²) in [5.74, 6) is 2.71. The van der Waals surface area contributed by atoms with Gasteiger partial charge in [0.1, 0.15) is 6.54 Å². The van der Waals surface area contributed by atoms with Gasteiger partial charge in [-0.3, -0.25) is 4.79 Å². The Hall–Kier alpha value is -1.84. The molecular formula is C21H27N3O. The van der Waals surface area contributed by atoms with Gasteiger partial charge in [0, 0.05) is 5.54 Å². The first-order valence-corrected chi connectivity index (χ1v) is 9.73. The van der Waals surface area contributed by atoms with Gasteiger partial charge in [0.2, 0.25) is 5.91 Å². The van der Waals surface area contributed by atoms with E-state index in [9.17, 15) is 4.79 Å². The quantitative estimate of drug-likeness (QED) is 0.927. The van der Waals surface area contributed by atoms with Crippen LogP contribution >= 0.6 is 0 Å². The molecule has 1 amide bonds. The van der Waals surface area contributed by atoms with E-state index in [0.717, 1.165) is 28.8 Å². The zero-order valence-electron chi connectivity index (χ0n) is 15.2. The number of nitrogens with zero attached hydrogens (tertiary/aromatic N) is 2. The van der Waals surface area contributed by atoms with Crippen LogP contribution in [0.2, 0.25) is 0 Å². The lowest BCUT2D eigenvalue weighted by molar-refractivity contribution is -0.127. The summed E-state index contributed by atoms with van der Waals surface area (Å²) in [4.78, 5) is 17.3. The van der Waals surface area contributed by atoms with Gasteiger partial charge in [-0.2, -0.15) is 0 Å². The van der Waals surface area contributed by atoms with Crippen molar-refractivity contribution in [2.75, 3.05) is 0 Å². The van der Waals surface area contributed by atoms with Crippen molar-refractivity contribution >= 4 is 16.9 Å². The van der Waals surface area contributed by atoms with Crippen LogP contribution in [-0.4, -0.2) is 21.0 Å². The predicted octanol–water partition coefficient (Wildman–Crippen LogP) is 3.74. The summed E-state index contributed by atoms with van der Waals surface area (Å²) in [5, 5.41) is 3.47. The molecule has 1 aromatic carbocycles.